The van der Waals surface area contributed by atoms with Gasteiger partial charge >= 0.3 is 0 Å². The minimum atomic E-state index is 0.200. The lowest BCUT2D eigenvalue weighted by molar-refractivity contribution is 0.400. The molecule has 3 heteroatoms. The number of nitrogens with two attached hydrogens (primary N) is 1. The lowest BCUT2D eigenvalue weighted by atomic mass is 10.0. The number of para-hydroxylation sites is 1. The van der Waals surface area contributed by atoms with E-state index in [4.69, 9.17) is 10.5 Å². The number of nitrogens with one attached hydrogen (secondary N) is 1. The highest BCUT2D eigenvalue weighted by molar-refractivity contribution is 5.37. The van der Waals surface area contributed by atoms with Crippen LogP contribution in [0.15, 0.2) is 24.3 Å². The molecule has 3 nitrogen and oxygen atoms in total. The first-order valence-corrected chi connectivity index (χ1v) is 4.95. The fraction of sp³-hybridized carbons (Fsp3) is 0.455. The fourth-order valence-corrected chi connectivity index (χ4v) is 1.99. The molecule has 0 spiro atoms. The molecule has 1 aliphatic rings. The second kappa shape index (κ2) is 3.98. The molecular formula is C11H16N2O. The monoisotopic (exact) mass is 192 g/mol. The molecule has 1 aliphatic heterocycles. The van der Waals surface area contributed by atoms with Gasteiger partial charge in [-0.2, -0.15) is 0 Å². The Morgan fingerprint density at radius 1 is 1.43 bits per heavy atom. The maximum Gasteiger partial charge on any atom is 0.123 e. The van der Waals surface area contributed by atoms with E-state index in [0.29, 0.717) is 0 Å². The lowest BCUT2D eigenvalue weighted by Gasteiger charge is -2.18. The summed E-state index contributed by atoms with van der Waals surface area (Å²) in [5.74, 6) is 0.919. The Morgan fingerprint density at radius 3 is 2.86 bits per heavy atom. The molecule has 0 radical (unpaired) electrons. The van der Waals surface area contributed by atoms with Crippen molar-refractivity contribution in [3.05, 3.63) is 29.8 Å². The highest BCUT2D eigenvalue weighted by Gasteiger charge is 2.26. The summed E-state index contributed by atoms with van der Waals surface area (Å²) in [5, 5.41) is 3.39. The van der Waals surface area contributed by atoms with Crippen LogP contribution in [0.3, 0.4) is 0 Å². The third kappa shape index (κ3) is 1.61. The molecule has 0 bridgehead atoms. The summed E-state index contributed by atoms with van der Waals surface area (Å²) in [6.07, 6.45) is 1.03. The zero-order valence-electron chi connectivity index (χ0n) is 8.36. The van der Waals surface area contributed by atoms with Crippen molar-refractivity contribution in [2.75, 3.05) is 13.7 Å². The SMILES string of the molecule is COc1ccccc1C1NCCC1N. The molecular weight excluding hydrogens is 176 g/mol. The molecule has 1 heterocycles. The van der Waals surface area contributed by atoms with Crippen molar-refractivity contribution in [1.82, 2.24) is 5.32 Å². The first-order chi connectivity index (χ1) is 6.83. The van der Waals surface area contributed by atoms with Crippen LogP contribution in [0.5, 0.6) is 5.75 Å². The first kappa shape index (κ1) is 9.49. The van der Waals surface area contributed by atoms with Crippen LogP contribution in [-0.4, -0.2) is 19.7 Å². The van der Waals surface area contributed by atoms with E-state index >= 15 is 0 Å². The summed E-state index contributed by atoms with van der Waals surface area (Å²) in [6, 6.07) is 8.48. The second-order valence-corrected chi connectivity index (χ2v) is 3.63. The number of rotatable bonds is 2. The smallest absolute Gasteiger partial charge is 0.123 e. The summed E-state index contributed by atoms with van der Waals surface area (Å²) in [5.41, 5.74) is 7.18. The number of hydrogen-bond acceptors (Lipinski definition) is 3. The minimum absolute atomic E-state index is 0.200. The number of benzene rings is 1. The Morgan fingerprint density at radius 2 is 2.21 bits per heavy atom. The molecule has 1 fully saturated rings. The van der Waals surface area contributed by atoms with Gasteiger partial charge < -0.3 is 15.8 Å². The molecule has 2 unspecified atom stereocenters. The molecule has 2 rings (SSSR count). The van der Waals surface area contributed by atoms with Crippen LogP contribution in [0.4, 0.5) is 0 Å². The van der Waals surface area contributed by atoms with Crippen LogP contribution in [-0.2, 0) is 0 Å². The van der Waals surface area contributed by atoms with Crippen molar-refractivity contribution in [3.8, 4) is 5.75 Å². The van der Waals surface area contributed by atoms with Gasteiger partial charge in [0.05, 0.1) is 13.2 Å². The lowest BCUT2D eigenvalue weighted by Crippen LogP contribution is -2.28. The van der Waals surface area contributed by atoms with Gasteiger partial charge in [0, 0.05) is 11.6 Å². The molecule has 0 amide bonds. The average molecular weight is 192 g/mol. The molecule has 0 saturated carbocycles. The van der Waals surface area contributed by atoms with E-state index in [1.54, 1.807) is 7.11 Å². The predicted molar refractivity (Wildman–Crippen MR) is 56.3 cm³/mol. The maximum atomic E-state index is 6.02. The van der Waals surface area contributed by atoms with Crippen molar-refractivity contribution in [3.63, 3.8) is 0 Å². The minimum Gasteiger partial charge on any atom is -0.496 e. The van der Waals surface area contributed by atoms with Gasteiger partial charge in [-0.15, -0.1) is 0 Å². The van der Waals surface area contributed by atoms with Gasteiger partial charge in [0.1, 0.15) is 5.75 Å². The molecule has 1 aromatic carbocycles. The van der Waals surface area contributed by atoms with Gasteiger partial charge in [0.15, 0.2) is 0 Å². The first-order valence-electron chi connectivity index (χ1n) is 4.95. The van der Waals surface area contributed by atoms with E-state index in [0.717, 1.165) is 18.7 Å². The maximum absolute atomic E-state index is 6.02. The highest BCUT2D eigenvalue weighted by atomic mass is 16.5. The fourth-order valence-electron chi connectivity index (χ4n) is 1.99. The molecule has 1 aromatic rings. The summed E-state index contributed by atoms with van der Waals surface area (Å²) in [4.78, 5) is 0. The summed E-state index contributed by atoms with van der Waals surface area (Å²) < 4.78 is 5.31. The summed E-state index contributed by atoms with van der Waals surface area (Å²) >= 11 is 0. The average Bonchev–Trinajstić information content (AvgIpc) is 2.64. The second-order valence-electron chi connectivity index (χ2n) is 3.63. The standard InChI is InChI=1S/C11H16N2O/c1-14-10-5-3-2-4-8(10)11-9(12)6-7-13-11/h2-5,9,11,13H,6-7,12H2,1H3. The Hall–Kier alpha value is -1.06. The van der Waals surface area contributed by atoms with E-state index < -0.39 is 0 Å². The quantitative estimate of drug-likeness (QED) is 0.736. The van der Waals surface area contributed by atoms with Gasteiger partial charge in [-0.1, -0.05) is 18.2 Å². The van der Waals surface area contributed by atoms with Gasteiger partial charge in [-0.3, -0.25) is 0 Å². The molecule has 0 aliphatic carbocycles. The number of methoxy groups -OCH3 is 1. The molecule has 1 saturated heterocycles. The van der Waals surface area contributed by atoms with Crippen LogP contribution < -0.4 is 15.8 Å². The highest BCUT2D eigenvalue weighted by Crippen LogP contribution is 2.29. The van der Waals surface area contributed by atoms with E-state index in [-0.39, 0.29) is 12.1 Å². The van der Waals surface area contributed by atoms with E-state index in [1.165, 1.54) is 5.56 Å². The van der Waals surface area contributed by atoms with E-state index in [2.05, 4.69) is 11.4 Å². The van der Waals surface area contributed by atoms with Crippen molar-refractivity contribution < 1.29 is 4.74 Å². The molecule has 14 heavy (non-hydrogen) atoms. The molecule has 2 atom stereocenters. The van der Waals surface area contributed by atoms with E-state index in [1.807, 2.05) is 18.2 Å². The zero-order chi connectivity index (χ0) is 9.97. The number of ether oxygens (including phenoxy) is 1. The normalized spacial score (nSPS) is 26.4. The summed E-state index contributed by atoms with van der Waals surface area (Å²) in [7, 11) is 1.69. The Balaban J connectivity index is 2.30. The van der Waals surface area contributed by atoms with Gasteiger partial charge in [-0.05, 0) is 19.0 Å². The van der Waals surface area contributed by atoms with Crippen molar-refractivity contribution in [1.29, 1.82) is 0 Å². The summed E-state index contributed by atoms with van der Waals surface area (Å²) in [6.45, 7) is 0.990. The van der Waals surface area contributed by atoms with Gasteiger partial charge in [-0.25, -0.2) is 0 Å². The van der Waals surface area contributed by atoms with Gasteiger partial charge in [0.25, 0.3) is 0 Å². The molecule has 76 valence electrons. The van der Waals surface area contributed by atoms with Crippen LogP contribution in [0.25, 0.3) is 0 Å². The van der Waals surface area contributed by atoms with Crippen LogP contribution in [0, 0.1) is 0 Å². The molecule has 3 N–H and O–H groups in total. The van der Waals surface area contributed by atoms with Crippen molar-refractivity contribution in [2.24, 2.45) is 5.73 Å². The van der Waals surface area contributed by atoms with Crippen LogP contribution in [0.2, 0.25) is 0 Å². The zero-order valence-corrected chi connectivity index (χ0v) is 8.36. The topological polar surface area (TPSA) is 47.3 Å². The predicted octanol–water partition coefficient (Wildman–Crippen LogP) is 1.06. The van der Waals surface area contributed by atoms with Gasteiger partial charge in [0.2, 0.25) is 0 Å². The van der Waals surface area contributed by atoms with Crippen LogP contribution >= 0.6 is 0 Å². The molecule has 0 aromatic heterocycles. The third-order valence-electron chi connectivity index (χ3n) is 2.74. The van der Waals surface area contributed by atoms with Crippen molar-refractivity contribution in [2.45, 2.75) is 18.5 Å². The van der Waals surface area contributed by atoms with Crippen LogP contribution in [0.1, 0.15) is 18.0 Å². The largest absolute Gasteiger partial charge is 0.496 e. The Bertz CT molecular complexity index is 314. The number of hydrogen-bond donors (Lipinski definition) is 2. The Kier molecular flexibility index (Phi) is 2.70. The Labute approximate surface area is 84.3 Å². The van der Waals surface area contributed by atoms with E-state index in [9.17, 15) is 0 Å². The third-order valence-corrected chi connectivity index (χ3v) is 2.74. The van der Waals surface area contributed by atoms with Crippen molar-refractivity contribution >= 4 is 0 Å².